The molecule has 3 nitrogen and oxygen atoms in total. The molecule has 2 rings (SSSR count). The molecule has 1 heterocycles. The van der Waals surface area contributed by atoms with Crippen molar-refractivity contribution in [1.29, 1.82) is 0 Å². The van der Waals surface area contributed by atoms with Gasteiger partial charge in [-0.15, -0.1) is 0 Å². The number of benzene rings is 1. The summed E-state index contributed by atoms with van der Waals surface area (Å²) in [6, 6.07) is 8.16. The fourth-order valence-electron chi connectivity index (χ4n) is 2.73. The van der Waals surface area contributed by atoms with E-state index in [9.17, 15) is 8.42 Å². The first kappa shape index (κ1) is 14.5. The summed E-state index contributed by atoms with van der Waals surface area (Å²) in [5.74, 6) is 1.24. The number of nitrogens with two attached hydrogens (primary N) is 1. The lowest BCUT2D eigenvalue weighted by atomic mass is 9.92. The minimum atomic E-state index is -2.85. The molecule has 19 heavy (non-hydrogen) atoms. The Kier molecular flexibility index (Phi) is 4.31. The first-order valence-electron chi connectivity index (χ1n) is 6.92. The van der Waals surface area contributed by atoms with E-state index in [0.29, 0.717) is 12.3 Å². The summed E-state index contributed by atoms with van der Waals surface area (Å²) in [4.78, 5) is 0. The van der Waals surface area contributed by atoms with Gasteiger partial charge in [0.05, 0.1) is 11.5 Å². The van der Waals surface area contributed by atoms with Crippen molar-refractivity contribution in [3.63, 3.8) is 0 Å². The van der Waals surface area contributed by atoms with E-state index >= 15 is 0 Å². The summed E-state index contributed by atoms with van der Waals surface area (Å²) < 4.78 is 23.0. The monoisotopic (exact) mass is 281 g/mol. The molecule has 1 aliphatic heterocycles. The Hall–Kier alpha value is -0.870. The lowest BCUT2D eigenvalue weighted by molar-refractivity contribution is 0.480. The summed E-state index contributed by atoms with van der Waals surface area (Å²) in [5.41, 5.74) is 8.57. The van der Waals surface area contributed by atoms with Crippen LogP contribution in [0, 0.1) is 11.8 Å². The molecule has 1 saturated heterocycles. The average molecular weight is 281 g/mol. The molecule has 4 heteroatoms. The van der Waals surface area contributed by atoms with Crippen molar-refractivity contribution in [3.8, 4) is 0 Å². The van der Waals surface area contributed by atoms with Gasteiger partial charge in [0, 0.05) is 6.04 Å². The zero-order valence-electron chi connectivity index (χ0n) is 11.7. The number of rotatable bonds is 4. The van der Waals surface area contributed by atoms with E-state index in [1.165, 1.54) is 5.56 Å². The van der Waals surface area contributed by atoms with Gasteiger partial charge in [-0.25, -0.2) is 8.42 Å². The van der Waals surface area contributed by atoms with Crippen LogP contribution in [0.15, 0.2) is 24.3 Å². The van der Waals surface area contributed by atoms with Crippen LogP contribution in [0.25, 0.3) is 0 Å². The summed E-state index contributed by atoms with van der Waals surface area (Å²) in [5, 5.41) is 0. The summed E-state index contributed by atoms with van der Waals surface area (Å²) in [7, 11) is -2.85. The Balaban J connectivity index is 2.06. The average Bonchev–Trinajstić information content (AvgIpc) is 2.69. The van der Waals surface area contributed by atoms with Gasteiger partial charge < -0.3 is 5.73 Å². The number of sulfone groups is 1. The van der Waals surface area contributed by atoms with Crippen LogP contribution in [0.1, 0.15) is 37.4 Å². The van der Waals surface area contributed by atoms with Crippen molar-refractivity contribution in [2.24, 2.45) is 17.6 Å². The van der Waals surface area contributed by atoms with Gasteiger partial charge in [0.1, 0.15) is 0 Å². The van der Waals surface area contributed by atoms with Crippen LogP contribution in [0.4, 0.5) is 0 Å². The quantitative estimate of drug-likeness (QED) is 0.921. The first-order valence-corrected chi connectivity index (χ1v) is 8.74. The highest BCUT2D eigenvalue weighted by molar-refractivity contribution is 7.91. The van der Waals surface area contributed by atoms with Crippen molar-refractivity contribution in [1.82, 2.24) is 0 Å². The van der Waals surface area contributed by atoms with E-state index in [-0.39, 0.29) is 23.5 Å². The molecule has 2 atom stereocenters. The second-order valence-electron chi connectivity index (χ2n) is 6.03. The van der Waals surface area contributed by atoms with Crippen LogP contribution in [0.2, 0.25) is 0 Å². The lowest BCUT2D eigenvalue weighted by Gasteiger charge is -2.18. The van der Waals surface area contributed by atoms with Gasteiger partial charge in [0.15, 0.2) is 9.84 Å². The van der Waals surface area contributed by atoms with Crippen LogP contribution in [-0.4, -0.2) is 19.9 Å². The minimum absolute atomic E-state index is 0.0703. The SMILES string of the molecule is CC(C)Cc1ccc(C(N)C2CCS(=O)(=O)C2)cc1. The van der Waals surface area contributed by atoms with Gasteiger partial charge in [-0.3, -0.25) is 0 Å². The highest BCUT2D eigenvalue weighted by Gasteiger charge is 2.32. The molecule has 106 valence electrons. The molecule has 1 aromatic rings. The molecule has 0 bridgehead atoms. The van der Waals surface area contributed by atoms with Crippen molar-refractivity contribution in [2.45, 2.75) is 32.7 Å². The van der Waals surface area contributed by atoms with Crippen LogP contribution >= 0.6 is 0 Å². The number of hydrogen-bond donors (Lipinski definition) is 1. The maximum Gasteiger partial charge on any atom is 0.150 e. The molecule has 2 N–H and O–H groups in total. The van der Waals surface area contributed by atoms with Gasteiger partial charge in [0.2, 0.25) is 0 Å². The highest BCUT2D eigenvalue weighted by Crippen LogP contribution is 2.29. The van der Waals surface area contributed by atoms with E-state index < -0.39 is 9.84 Å². The second kappa shape index (κ2) is 5.63. The molecule has 0 saturated carbocycles. The van der Waals surface area contributed by atoms with Gasteiger partial charge in [-0.05, 0) is 35.8 Å². The number of hydrogen-bond acceptors (Lipinski definition) is 3. The zero-order chi connectivity index (χ0) is 14.0. The van der Waals surface area contributed by atoms with E-state index in [0.717, 1.165) is 12.0 Å². The third kappa shape index (κ3) is 3.80. The molecule has 0 amide bonds. The van der Waals surface area contributed by atoms with Gasteiger partial charge in [-0.2, -0.15) is 0 Å². The molecule has 2 unspecified atom stereocenters. The third-order valence-electron chi connectivity index (χ3n) is 3.78. The van der Waals surface area contributed by atoms with Gasteiger partial charge >= 0.3 is 0 Å². The zero-order valence-corrected chi connectivity index (χ0v) is 12.5. The van der Waals surface area contributed by atoms with Gasteiger partial charge in [-0.1, -0.05) is 38.1 Å². The molecule has 0 radical (unpaired) electrons. The van der Waals surface area contributed by atoms with E-state index in [2.05, 4.69) is 26.0 Å². The Bertz CT molecular complexity index is 520. The summed E-state index contributed by atoms with van der Waals surface area (Å²) in [6.07, 6.45) is 1.75. The van der Waals surface area contributed by atoms with Crippen LogP contribution < -0.4 is 5.73 Å². The Morgan fingerprint density at radius 3 is 2.37 bits per heavy atom. The van der Waals surface area contributed by atoms with Crippen LogP contribution in [-0.2, 0) is 16.3 Å². The highest BCUT2D eigenvalue weighted by atomic mass is 32.2. The summed E-state index contributed by atoms with van der Waals surface area (Å²) >= 11 is 0. The molecular weight excluding hydrogens is 258 g/mol. The fraction of sp³-hybridized carbons (Fsp3) is 0.600. The maximum absolute atomic E-state index is 11.5. The topological polar surface area (TPSA) is 60.2 Å². The molecule has 0 spiro atoms. The molecule has 0 aromatic heterocycles. The van der Waals surface area contributed by atoms with E-state index in [1.54, 1.807) is 0 Å². The first-order chi connectivity index (χ1) is 8.87. The van der Waals surface area contributed by atoms with Crippen molar-refractivity contribution in [2.75, 3.05) is 11.5 Å². The van der Waals surface area contributed by atoms with Crippen molar-refractivity contribution < 1.29 is 8.42 Å². The van der Waals surface area contributed by atoms with E-state index in [1.807, 2.05) is 12.1 Å². The normalized spacial score (nSPS) is 23.7. The largest absolute Gasteiger partial charge is 0.324 e. The smallest absolute Gasteiger partial charge is 0.150 e. The Labute approximate surface area is 116 Å². The van der Waals surface area contributed by atoms with Crippen LogP contribution in [0.5, 0.6) is 0 Å². The predicted molar refractivity (Wildman–Crippen MR) is 78.7 cm³/mol. The molecule has 1 aromatic carbocycles. The van der Waals surface area contributed by atoms with Gasteiger partial charge in [0.25, 0.3) is 0 Å². The fourth-order valence-corrected chi connectivity index (χ4v) is 4.58. The third-order valence-corrected chi connectivity index (χ3v) is 5.58. The van der Waals surface area contributed by atoms with E-state index in [4.69, 9.17) is 5.73 Å². The van der Waals surface area contributed by atoms with Crippen molar-refractivity contribution in [3.05, 3.63) is 35.4 Å². The Morgan fingerprint density at radius 2 is 1.89 bits per heavy atom. The standard InChI is InChI=1S/C15H23NO2S/c1-11(2)9-12-3-5-13(6-4-12)15(16)14-7-8-19(17,18)10-14/h3-6,11,14-15H,7-10,16H2,1-2H3. The predicted octanol–water partition coefficient (Wildman–Crippen LogP) is 2.32. The Morgan fingerprint density at radius 1 is 1.26 bits per heavy atom. The lowest BCUT2D eigenvalue weighted by Crippen LogP contribution is -2.22. The summed E-state index contributed by atoms with van der Waals surface area (Å²) in [6.45, 7) is 4.39. The molecule has 1 fully saturated rings. The maximum atomic E-state index is 11.5. The second-order valence-corrected chi connectivity index (χ2v) is 8.26. The minimum Gasteiger partial charge on any atom is -0.324 e. The van der Waals surface area contributed by atoms with Crippen LogP contribution in [0.3, 0.4) is 0 Å². The molecular formula is C15H23NO2S. The molecule has 1 aliphatic rings. The van der Waals surface area contributed by atoms with Crippen molar-refractivity contribution >= 4 is 9.84 Å². The molecule has 0 aliphatic carbocycles.